The number of piperazine rings is 1. The molecule has 2 aromatic carbocycles. The lowest BCUT2D eigenvalue weighted by Gasteiger charge is -2.48. The molecular formula is C33H35FN6O2. The first-order chi connectivity index (χ1) is 20.3. The number of fused-ring (bicyclic) bond motifs is 1. The number of aryl methyl sites for hydroxylation is 1. The zero-order chi connectivity index (χ0) is 29.4. The largest absolute Gasteiger partial charge is 0.378 e. The maximum absolute atomic E-state index is 14.0. The number of ether oxygens (including phenoxy) is 1. The van der Waals surface area contributed by atoms with Crippen molar-refractivity contribution in [3.05, 3.63) is 99.7 Å². The Balaban J connectivity index is 1.35. The van der Waals surface area contributed by atoms with Gasteiger partial charge in [0, 0.05) is 57.1 Å². The summed E-state index contributed by atoms with van der Waals surface area (Å²) in [5, 5.41) is 9.50. The standard InChI is InChI=1S/C33H35FN6O2/c1-22-21-40(23(2)20-39(22)30-18-31(41)37(3)29-13-10-27(19-35)36-32(29)30)33(24-4-8-26(34)9-5-24)25-6-11-28(12-7-25)38-14-16-42-17-15-38/h4-13,18,22-23,33H,14-17,20-21H2,1-3H3/t22-,23-,33?/m0/s1. The minimum Gasteiger partial charge on any atom is -0.378 e. The van der Waals surface area contributed by atoms with Crippen LogP contribution >= 0.6 is 0 Å². The average Bonchev–Trinajstić information content (AvgIpc) is 3.02. The molecule has 0 N–H and O–H groups in total. The average molecular weight is 567 g/mol. The number of benzene rings is 2. The van der Waals surface area contributed by atoms with E-state index in [-0.39, 0.29) is 29.5 Å². The highest BCUT2D eigenvalue weighted by Gasteiger charge is 2.36. The van der Waals surface area contributed by atoms with Gasteiger partial charge in [0.2, 0.25) is 0 Å². The van der Waals surface area contributed by atoms with Crippen molar-refractivity contribution in [1.29, 1.82) is 5.26 Å². The van der Waals surface area contributed by atoms with Crippen LogP contribution in [0, 0.1) is 17.1 Å². The van der Waals surface area contributed by atoms with E-state index in [0.717, 1.165) is 43.1 Å². The number of halogens is 1. The van der Waals surface area contributed by atoms with Crippen LogP contribution in [0.15, 0.2) is 71.5 Å². The van der Waals surface area contributed by atoms with E-state index < -0.39 is 0 Å². The van der Waals surface area contributed by atoms with E-state index in [9.17, 15) is 14.4 Å². The van der Waals surface area contributed by atoms with Crippen LogP contribution in [0.2, 0.25) is 0 Å². The van der Waals surface area contributed by atoms with Crippen LogP contribution in [0.3, 0.4) is 0 Å². The molecular weight excluding hydrogens is 531 g/mol. The highest BCUT2D eigenvalue weighted by Crippen LogP contribution is 2.36. The van der Waals surface area contributed by atoms with Crippen molar-refractivity contribution in [3.8, 4) is 6.07 Å². The van der Waals surface area contributed by atoms with Crippen LogP contribution < -0.4 is 15.4 Å². The summed E-state index contributed by atoms with van der Waals surface area (Å²) in [6, 6.07) is 22.8. The molecule has 6 rings (SSSR count). The summed E-state index contributed by atoms with van der Waals surface area (Å²) in [7, 11) is 1.73. The molecule has 1 unspecified atom stereocenters. The van der Waals surface area contributed by atoms with Gasteiger partial charge in [0.25, 0.3) is 5.56 Å². The van der Waals surface area contributed by atoms with E-state index in [0.29, 0.717) is 29.8 Å². The van der Waals surface area contributed by atoms with Crippen molar-refractivity contribution in [1.82, 2.24) is 14.5 Å². The Morgan fingerprint density at radius 1 is 0.952 bits per heavy atom. The van der Waals surface area contributed by atoms with Gasteiger partial charge in [-0.1, -0.05) is 24.3 Å². The molecule has 2 fully saturated rings. The zero-order valence-electron chi connectivity index (χ0n) is 24.2. The van der Waals surface area contributed by atoms with Gasteiger partial charge < -0.3 is 19.1 Å². The Labute approximate surface area is 245 Å². The predicted molar refractivity (Wildman–Crippen MR) is 162 cm³/mol. The fourth-order valence-electron chi connectivity index (χ4n) is 6.35. The van der Waals surface area contributed by atoms with Crippen LogP contribution in [0.25, 0.3) is 11.0 Å². The Hall–Kier alpha value is -4.26. The molecule has 0 bridgehead atoms. The van der Waals surface area contributed by atoms with Crippen LogP contribution in [-0.2, 0) is 11.8 Å². The second-order valence-corrected chi connectivity index (χ2v) is 11.3. The van der Waals surface area contributed by atoms with Crippen LogP contribution in [0.1, 0.15) is 36.7 Å². The van der Waals surface area contributed by atoms with Crippen molar-refractivity contribution in [2.24, 2.45) is 7.05 Å². The summed E-state index contributed by atoms with van der Waals surface area (Å²) >= 11 is 0. The third-order valence-electron chi connectivity index (χ3n) is 8.63. The molecule has 4 aromatic rings. The highest BCUT2D eigenvalue weighted by atomic mass is 19.1. The second kappa shape index (κ2) is 11.6. The normalized spacial score (nSPS) is 20.5. The number of nitriles is 1. The Morgan fingerprint density at radius 2 is 1.62 bits per heavy atom. The minimum atomic E-state index is -0.256. The summed E-state index contributed by atoms with van der Waals surface area (Å²) in [6.07, 6.45) is 0. The number of hydrogen-bond donors (Lipinski definition) is 0. The van der Waals surface area contributed by atoms with Crippen molar-refractivity contribution < 1.29 is 9.13 Å². The predicted octanol–water partition coefficient (Wildman–Crippen LogP) is 4.47. The Morgan fingerprint density at radius 3 is 2.29 bits per heavy atom. The van der Waals surface area contributed by atoms with E-state index in [2.05, 4.69) is 63.9 Å². The van der Waals surface area contributed by atoms with Gasteiger partial charge in [0.15, 0.2) is 0 Å². The minimum absolute atomic E-state index is 0.0413. The Bertz CT molecular complexity index is 1670. The smallest absolute Gasteiger partial charge is 0.252 e. The van der Waals surface area contributed by atoms with Crippen LogP contribution in [0.5, 0.6) is 0 Å². The highest BCUT2D eigenvalue weighted by molar-refractivity contribution is 5.89. The lowest BCUT2D eigenvalue weighted by atomic mass is 9.93. The molecule has 2 aromatic heterocycles. The van der Waals surface area contributed by atoms with Gasteiger partial charge >= 0.3 is 0 Å². The van der Waals surface area contributed by atoms with E-state index in [1.165, 1.54) is 17.8 Å². The maximum Gasteiger partial charge on any atom is 0.252 e. The van der Waals surface area contributed by atoms with Crippen molar-refractivity contribution in [3.63, 3.8) is 0 Å². The molecule has 0 spiro atoms. The number of rotatable bonds is 5. The van der Waals surface area contributed by atoms with Gasteiger partial charge in [-0.2, -0.15) is 5.26 Å². The van der Waals surface area contributed by atoms with E-state index in [4.69, 9.17) is 4.74 Å². The lowest BCUT2D eigenvalue weighted by Crippen LogP contribution is -2.57. The first-order valence-electron chi connectivity index (χ1n) is 14.5. The summed E-state index contributed by atoms with van der Waals surface area (Å²) in [6.45, 7) is 8.92. The Kier molecular flexibility index (Phi) is 7.67. The molecule has 8 nitrogen and oxygen atoms in total. The molecule has 2 aliphatic rings. The topological polar surface area (TPSA) is 77.6 Å². The molecule has 2 saturated heterocycles. The summed E-state index contributed by atoms with van der Waals surface area (Å²) in [5.74, 6) is -0.256. The number of anilines is 2. The summed E-state index contributed by atoms with van der Waals surface area (Å²) in [4.78, 5) is 24.6. The quantitative estimate of drug-likeness (QED) is 0.353. The number of pyridine rings is 2. The fraction of sp³-hybridized carbons (Fsp3) is 0.364. The van der Waals surface area contributed by atoms with E-state index >= 15 is 0 Å². The summed E-state index contributed by atoms with van der Waals surface area (Å²) in [5.41, 5.74) is 5.65. The van der Waals surface area contributed by atoms with Gasteiger partial charge in [0.1, 0.15) is 23.1 Å². The van der Waals surface area contributed by atoms with Crippen molar-refractivity contribution in [2.45, 2.75) is 32.0 Å². The molecule has 2 aliphatic heterocycles. The van der Waals surface area contributed by atoms with E-state index in [1.807, 2.05) is 12.1 Å². The van der Waals surface area contributed by atoms with Crippen LogP contribution in [-0.4, -0.2) is 65.9 Å². The monoisotopic (exact) mass is 566 g/mol. The third kappa shape index (κ3) is 5.24. The van der Waals surface area contributed by atoms with Crippen LogP contribution in [0.4, 0.5) is 15.8 Å². The number of morpholine rings is 1. The molecule has 216 valence electrons. The van der Waals surface area contributed by atoms with Gasteiger partial charge in [-0.25, -0.2) is 9.37 Å². The van der Waals surface area contributed by atoms with Crippen molar-refractivity contribution in [2.75, 3.05) is 49.2 Å². The SMILES string of the molecule is C[C@H]1CN(C(c2ccc(F)cc2)c2ccc(N3CCOCC3)cc2)[C@@H](C)CN1c1cc(=O)n(C)c2ccc(C#N)nc12. The third-order valence-corrected chi connectivity index (χ3v) is 8.63. The number of aromatic nitrogens is 2. The maximum atomic E-state index is 14.0. The van der Waals surface area contributed by atoms with Gasteiger partial charge in [-0.05, 0) is 61.4 Å². The molecule has 9 heteroatoms. The second-order valence-electron chi connectivity index (χ2n) is 11.3. The molecule has 3 atom stereocenters. The van der Waals surface area contributed by atoms with Gasteiger partial charge in [0.05, 0.1) is 30.5 Å². The van der Waals surface area contributed by atoms with Crippen molar-refractivity contribution >= 4 is 22.4 Å². The fourth-order valence-corrected chi connectivity index (χ4v) is 6.35. The lowest BCUT2D eigenvalue weighted by molar-refractivity contribution is 0.122. The molecule has 4 heterocycles. The molecule has 0 saturated carbocycles. The number of hydrogen-bond acceptors (Lipinski definition) is 7. The van der Waals surface area contributed by atoms with Gasteiger partial charge in [-0.15, -0.1) is 0 Å². The number of nitrogens with zero attached hydrogens (tertiary/aromatic N) is 6. The summed E-state index contributed by atoms with van der Waals surface area (Å²) < 4.78 is 21.1. The molecule has 0 aliphatic carbocycles. The van der Waals surface area contributed by atoms with Gasteiger partial charge in [-0.3, -0.25) is 9.69 Å². The zero-order valence-corrected chi connectivity index (χ0v) is 24.2. The first-order valence-corrected chi connectivity index (χ1v) is 14.5. The first kappa shape index (κ1) is 27.9. The molecule has 0 radical (unpaired) electrons. The van der Waals surface area contributed by atoms with E-state index in [1.54, 1.807) is 29.8 Å². The molecule has 42 heavy (non-hydrogen) atoms. The molecule has 0 amide bonds.